The van der Waals surface area contributed by atoms with Crippen LogP contribution in [0.2, 0.25) is 0 Å². The molecule has 0 unspecified atom stereocenters. The minimum absolute atomic E-state index is 0.226. The molecule has 0 aliphatic carbocycles. The summed E-state index contributed by atoms with van der Waals surface area (Å²) >= 11 is 0. The summed E-state index contributed by atoms with van der Waals surface area (Å²) in [7, 11) is 4.63. The predicted octanol–water partition coefficient (Wildman–Crippen LogP) is 2.06. The van der Waals surface area contributed by atoms with Crippen molar-refractivity contribution in [2.24, 2.45) is 0 Å². The monoisotopic (exact) mass is 286 g/mol. The molecule has 0 atom stereocenters. The van der Waals surface area contributed by atoms with E-state index in [1.165, 1.54) is 0 Å². The average Bonchev–Trinajstić information content (AvgIpc) is 2.54. The molecule has 1 aromatic carbocycles. The quantitative estimate of drug-likeness (QED) is 0.664. The van der Waals surface area contributed by atoms with E-state index in [1.54, 1.807) is 51.9 Å². The number of anilines is 1. The standard InChI is InChI=1S/C14H14N4O3/c1-19-11-6-9(7-12(20-2)13(11)21-3)10-4-5-16-14(18-10)17-8-15/h4-7H,1-3H3,(H,16,17,18). The van der Waals surface area contributed by atoms with Crippen molar-refractivity contribution in [2.45, 2.75) is 0 Å². The minimum Gasteiger partial charge on any atom is -0.493 e. The van der Waals surface area contributed by atoms with Gasteiger partial charge in [0.15, 0.2) is 17.7 Å². The minimum atomic E-state index is 0.226. The maximum atomic E-state index is 8.62. The molecule has 0 aliphatic rings. The smallest absolute Gasteiger partial charge is 0.236 e. The fraction of sp³-hybridized carbons (Fsp3) is 0.214. The summed E-state index contributed by atoms with van der Waals surface area (Å²) in [5, 5.41) is 11.0. The SMILES string of the molecule is COc1cc(-c2ccnc(NC#N)n2)cc(OC)c1OC. The molecule has 0 aliphatic heterocycles. The maximum absolute atomic E-state index is 8.62. The Morgan fingerprint density at radius 2 is 1.76 bits per heavy atom. The molecular weight excluding hydrogens is 272 g/mol. The Kier molecular flexibility index (Phi) is 4.41. The van der Waals surface area contributed by atoms with Crippen LogP contribution in [-0.4, -0.2) is 31.3 Å². The molecule has 2 rings (SSSR count). The zero-order chi connectivity index (χ0) is 15.2. The molecule has 0 saturated heterocycles. The van der Waals surface area contributed by atoms with Crippen molar-refractivity contribution in [3.05, 3.63) is 24.4 Å². The summed E-state index contributed by atoms with van der Waals surface area (Å²) in [5.41, 5.74) is 1.38. The van der Waals surface area contributed by atoms with Crippen LogP contribution in [0.15, 0.2) is 24.4 Å². The lowest BCUT2D eigenvalue weighted by atomic mass is 10.1. The lowest BCUT2D eigenvalue weighted by Crippen LogP contribution is -1.98. The molecule has 0 amide bonds. The van der Waals surface area contributed by atoms with Gasteiger partial charge in [0.25, 0.3) is 0 Å². The van der Waals surface area contributed by atoms with E-state index in [9.17, 15) is 0 Å². The van der Waals surface area contributed by atoms with Gasteiger partial charge in [-0.2, -0.15) is 5.26 Å². The van der Waals surface area contributed by atoms with Crippen molar-refractivity contribution < 1.29 is 14.2 Å². The molecular formula is C14H14N4O3. The molecule has 0 radical (unpaired) electrons. The van der Waals surface area contributed by atoms with Gasteiger partial charge >= 0.3 is 0 Å². The molecule has 7 nitrogen and oxygen atoms in total. The van der Waals surface area contributed by atoms with Crippen molar-refractivity contribution in [3.63, 3.8) is 0 Å². The number of nitrogens with zero attached hydrogens (tertiary/aromatic N) is 3. The van der Waals surface area contributed by atoms with Crippen molar-refractivity contribution in [3.8, 4) is 34.7 Å². The molecule has 7 heteroatoms. The van der Waals surface area contributed by atoms with Gasteiger partial charge in [0.05, 0.1) is 27.0 Å². The normalized spacial score (nSPS) is 9.62. The highest BCUT2D eigenvalue weighted by Gasteiger charge is 2.15. The van der Waals surface area contributed by atoms with Crippen LogP contribution in [0.5, 0.6) is 17.2 Å². The van der Waals surface area contributed by atoms with E-state index in [2.05, 4.69) is 15.3 Å². The van der Waals surface area contributed by atoms with Crippen molar-refractivity contribution in [2.75, 3.05) is 26.6 Å². The van der Waals surface area contributed by atoms with Gasteiger partial charge in [0.2, 0.25) is 11.7 Å². The average molecular weight is 286 g/mol. The first-order valence-corrected chi connectivity index (χ1v) is 6.02. The zero-order valence-corrected chi connectivity index (χ0v) is 11.9. The van der Waals surface area contributed by atoms with Crippen LogP contribution in [-0.2, 0) is 0 Å². The Labute approximate surface area is 122 Å². The summed E-state index contributed by atoms with van der Waals surface area (Å²) in [4.78, 5) is 8.18. The summed E-state index contributed by atoms with van der Waals surface area (Å²) in [6.45, 7) is 0. The molecule has 108 valence electrons. The van der Waals surface area contributed by atoms with Crippen LogP contribution in [0.1, 0.15) is 0 Å². The van der Waals surface area contributed by atoms with Crippen LogP contribution in [0, 0.1) is 11.5 Å². The van der Waals surface area contributed by atoms with Gasteiger partial charge in [-0.05, 0) is 18.2 Å². The number of hydrogen-bond acceptors (Lipinski definition) is 7. The van der Waals surface area contributed by atoms with Gasteiger partial charge in [-0.25, -0.2) is 9.97 Å². The molecule has 1 heterocycles. The number of benzene rings is 1. The number of nitriles is 1. The van der Waals surface area contributed by atoms with Crippen LogP contribution >= 0.6 is 0 Å². The third-order valence-electron chi connectivity index (χ3n) is 2.78. The maximum Gasteiger partial charge on any atom is 0.236 e. The van der Waals surface area contributed by atoms with E-state index in [0.29, 0.717) is 22.9 Å². The summed E-state index contributed by atoms with van der Waals surface area (Å²) in [6, 6.07) is 5.28. The third-order valence-corrected chi connectivity index (χ3v) is 2.78. The van der Waals surface area contributed by atoms with E-state index in [1.807, 2.05) is 0 Å². The number of rotatable bonds is 5. The third kappa shape index (κ3) is 2.95. The fourth-order valence-electron chi connectivity index (χ4n) is 1.86. The number of aromatic nitrogens is 2. The van der Waals surface area contributed by atoms with E-state index >= 15 is 0 Å². The highest BCUT2D eigenvalue weighted by molar-refractivity contribution is 5.69. The Hall–Kier alpha value is -3.01. The van der Waals surface area contributed by atoms with Gasteiger partial charge in [0, 0.05) is 11.8 Å². The topological polar surface area (TPSA) is 89.3 Å². The molecule has 0 saturated carbocycles. The Balaban J connectivity index is 2.54. The Morgan fingerprint density at radius 1 is 1.10 bits per heavy atom. The highest BCUT2D eigenvalue weighted by Crippen LogP contribution is 2.40. The van der Waals surface area contributed by atoms with Crippen molar-refractivity contribution in [1.82, 2.24) is 9.97 Å². The van der Waals surface area contributed by atoms with Crippen LogP contribution in [0.4, 0.5) is 5.95 Å². The van der Waals surface area contributed by atoms with Gasteiger partial charge in [-0.1, -0.05) is 0 Å². The Bertz CT molecular complexity index is 657. The molecule has 2 aromatic rings. The van der Waals surface area contributed by atoms with E-state index < -0.39 is 0 Å². The first-order chi connectivity index (χ1) is 10.2. The van der Waals surface area contributed by atoms with E-state index in [4.69, 9.17) is 19.5 Å². The van der Waals surface area contributed by atoms with Gasteiger partial charge in [0.1, 0.15) is 0 Å². The van der Waals surface area contributed by atoms with E-state index in [-0.39, 0.29) is 5.95 Å². The molecule has 21 heavy (non-hydrogen) atoms. The molecule has 1 N–H and O–H groups in total. The molecule has 0 fully saturated rings. The molecule has 1 aromatic heterocycles. The number of hydrogen-bond donors (Lipinski definition) is 1. The number of ether oxygens (including phenoxy) is 3. The van der Waals surface area contributed by atoms with E-state index in [0.717, 1.165) is 5.56 Å². The highest BCUT2D eigenvalue weighted by atomic mass is 16.5. The summed E-state index contributed by atoms with van der Waals surface area (Å²) < 4.78 is 15.9. The van der Waals surface area contributed by atoms with Gasteiger partial charge in [-0.15, -0.1) is 0 Å². The predicted molar refractivity (Wildman–Crippen MR) is 76.4 cm³/mol. The molecule has 0 bridgehead atoms. The first-order valence-electron chi connectivity index (χ1n) is 6.02. The van der Waals surface area contributed by atoms with Crippen molar-refractivity contribution in [1.29, 1.82) is 5.26 Å². The van der Waals surface area contributed by atoms with Crippen LogP contribution in [0.25, 0.3) is 11.3 Å². The molecule has 0 spiro atoms. The second-order valence-electron chi connectivity index (χ2n) is 3.92. The van der Waals surface area contributed by atoms with Gasteiger partial charge in [-0.3, -0.25) is 5.32 Å². The summed E-state index contributed by atoms with van der Waals surface area (Å²) in [6.07, 6.45) is 3.34. The van der Waals surface area contributed by atoms with Crippen LogP contribution < -0.4 is 19.5 Å². The largest absolute Gasteiger partial charge is 0.493 e. The Morgan fingerprint density at radius 3 is 2.29 bits per heavy atom. The first kappa shape index (κ1) is 14.4. The number of nitrogens with one attached hydrogen (secondary N) is 1. The fourth-order valence-corrected chi connectivity index (χ4v) is 1.86. The number of methoxy groups -OCH3 is 3. The summed E-state index contributed by atoms with van der Waals surface area (Å²) in [5.74, 6) is 1.79. The lowest BCUT2D eigenvalue weighted by molar-refractivity contribution is 0.324. The second kappa shape index (κ2) is 6.43. The zero-order valence-electron chi connectivity index (χ0n) is 11.9. The van der Waals surface area contributed by atoms with Crippen LogP contribution in [0.3, 0.4) is 0 Å². The second-order valence-corrected chi connectivity index (χ2v) is 3.92. The van der Waals surface area contributed by atoms with Gasteiger partial charge < -0.3 is 14.2 Å². The van der Waals surface area contributed by atoms with Crippen molar-refractivity contribution >= 4 is 5.95 Å². The lowest BCUT2D eigenvalue weighted by Gasteiger charge is -2.14.